The maximum Gasteiger partial charge on any atom is 0.103 e. The topological polar surface area (TPSA) is 45.2 Å². The summed E-state index contributed by atoms with van der Waals surface area (Å²) in [5.41, 5.74) is 1.17. The molecule has 0 amide bonds. The van der Waals surface area contributed by atoms with E-state index in [1.54, 1.807) is 11.7 Å². The quantitative estimate of drug-likeness (QED) is 0.676. The highest BCUT2D eigenvalue weighted by Crippen LogP contribution is 2.32. The molecule has 1 aliphatic rings. The lowest BCUT2D eigenvalue weighted by Crippen LogP contribution is -2.39. The molecule has 66 valence electrons. The van der Waals surface area contributed by atoms with Crippen LogP contribution < -0.4 is 5.32 Å². The lowest BCUT2D eigenvalue weighted by atomic mass is 9.91. The van der Waals surface area contributed by atoms with Crippen molar-refractivity contribution in [1.82, 2.24) is 10.3 Å². The molecule has 0 bridgehead atoms. The van der Waals surface area contributed by atoms with Crippen molar-refractivity contribution in [3.63, 3.8) is 0 Å². The molecule has 3 nitrogen and oxygen atoms in total. The molecule has 1 saturated heterocycles. The number of nitrogens with zero attached hydrogens (tertiary/aromatic N) is 1. The molecule has 2 heterocycles. The van der Waals surface area contributed by atoms with Crippen LogP contribution in [0.5, 0.6) is 0 Å². The minimum Gasteiger partial charge on any atom is -0.384 e. The smallest absolute Gasteiger partial charge is 0.103 e. The van der Waals surface area contributed by atoms with Crippen molar-refractivity contribution in [3.05, 3.63) is 16.6 Å². The lowest BCUT2D eigenvalue weighted by molar-refractivity contribution is 0.00925. The van der Waals surface area contributed by atoms with Gasteiger partial charge in [0, 0.05) is 6.20 Å². The molecule has 0 atom stereocenters. The molecule has 2 rings (SSSR count). The Hall–Kier alpha value is -0.450. The van der Waals surface area contributed by atoms with Gasteiger partial charge in [0.25, 0.3) is 0 Å². The summed E-state index contributed by atoms with van der Waals surface area (Å²) in [6.07, 6.45) is 3.38. The van der Waals surface area contributed by atoms with Gasteiger partial charge in [0.05, 0.1) is 10.4 Å². The van der Waals surface area contributed by atoms with E-state index in [-0.39, 0.29) is 0 Å². The second-order valence-electron chi connectivity index (χ2n) is 3.15. The average Bonchev–Trinajstić information content (AvgIpc) is 2.58. The summed E-state index contributed by atoms with van der Waals surface area (Å²) in [6.45, 7) is 1.79. The number of aromatic nitrogens is 1. The molecule has 1 fully saturated rings. The Bertz CT molecular complexity index is 242. The van der Waals surface area contributed by atoms with Gasteiger partial charge >= 0.3 is 0 Å². The molecule has 0 aliphatic carbocycles. The van der Waals surface area contributed by atoms with Crippen LogP contribution in [0.2, 0.25) is 0 Å². The van der Waals surface area contributed by atoms with Crippen molar-refractivity contribution in [2.45, 2.75) is 18.4 Å². The van der Waals surface area contributed by atoms with Crippen LogP contribution in [0.4, 0.5) is 0 Å². The van der Waals surface area contributed by atoms with E-state index in [2.05, 4.69) is 10.3 Å². The predicted octanol–water partition coefficient (Wildman–Crippen LogP) is 0.714. The zero-order valence-corrected chi connectivity index (χ0v) is 7.60. The molecule has 0 spiro atoms. The summed E-state index contributed by atoms with van der Waals surface area (Å²) in [6, 6.07) is 0. The molecule has 0 radical (unpaired) electrons. The first-order chi connectivity index (χ1) is 5.81. The van der Waals surface area contributed by atoms with Crippen molar-refractivity contribution in [3.8, 4) is 0 Å². The van der Waals surface area contributed by atoms with Crippen molar-refractivity contribution >= 4 is 11.3 Å². The number of thiazole rings is 1. The summed E-state index contributed by atoms with van der Waals surface area (Å²) in [4.78, 5) is 4.98. The molecular weight excluding hydrogens is 172 g/mol. The predicted molar refractivity (Wildman–Crippen MR) is 48.1 cm³/mol. The Kier molecular flexibility index (Phi) is 2.12. The SMILES string of the molecule is OC1(c2cncs2)CCNCC1. The second kappa shape index (κ2) is 3.12. The van der Waals surface area contributed by atoms with Gasteiger partial charge in [-0.3, -0.25) is 4.98 Å². The van der Waals surface area contributed by atoms with E-state index in [0.29, 0.717) is 0 Å². The Labute approximate surface area is 75.5 Å². The van der Waals surface area contributed by atoms with Gasteiger partial charge in [-0.15, -0.1) is 11.3 Å². The molecular formula is C8H12N2OS. The molecule has 0 saturated carbocycles. The summed E-state index contributed by atoms with van der Waals surface area (Å²) in [5, 5.41) is 13.4. The van der Waals surface area contributed by atoms with Crippen LogP contribution in [-0.2, 0) is 5.60 Å². The fraction of sp³-hybridized carbons (Fsp3) is 0.625. The highest BCUT2D eigenvalue weighted by molar-refractivity contribution is 7.09. The van der Waals surface area contributed by atoms with Crippen LogP contribution in [-0.4, -0.2) is 23.2 Å². The van der Waals surface area contributed by atoms with Gasteiger partial charge in [-0.1, -0.05) is 0 Å². The monoisotopic (exact) mass is 184 g/mol. The minimum atomic E-state index is -0.605. The van der Waals surface area contributed by atoms with Crippen molar-refractivity contribution in [2.24, 2.45) is 0 Å². The fourth-order valence-corrected chi connectivity index (χ4v) is 2.31. The third-order valence-corrected chi connectivity index (χ3v) is 3.29. The highest BCUT2D eigenvalue weighted by atomic mass is 32.1. The van der Waals surface area contributed by atoms with Crippen LogP contribution in [0.1, 0.15) is 17.7 Å². The first-order valence-electron chi connectivity index (χ1n) is 4.13. The maximum atomic E-state index is 10.2. The third-order valence-electron chi connectivity index (χ3n) is 2.32. The number of piperidine rings is 1. The Balaban J connectivity index is 2.19. The third kappa shape index (κ3) is 1.37. The molecule has 4 heteroatoms. The number of hydrogen-bond donors (Lipinski definition) is 2. The van der Waals surface area contributed by atoms with Gasteiger partial charge in [0.2, 0.25) is 0 Å². The summed E-state index contributed by atoms with van der Waals surface area (Å²) in [5.74, 6) is 0. The van der Waals surface area contributed by atoms with E-state index in [0.717, 1.165) is 30.8 Å². The van der Waals surface area contributed by atoms with E-state index in [9.17, 15) is 5.11 Å². The highest BCUT2D eigenvalue weighted by Gasteiger charge is 2.32. The van der Waals surface area contributed by atoms with Crippen molar-refractivity contribution in [2.75, 3.05) is 13.1 Å². The molecule has 0 aromatic carbocycles. The van der Waals surface area contributed by atoms with Crippen LogP contribution >= 0.6 is 11.3 Å². The number of rotatable bonds is 1. The van der Waals surface area contributed by atoms with E-state index in [4.69, 9.17) is 0 Å². The van der Waals surface area contributed by atoms with Crippen molar-refractivity contribution in [1.29, 1.82) is 0 Å². The van der Waals surface area contributed by atoms with Gasteiger partial charge in [-0.25, -0.2) is 0 Å². The van der Waals surface area contributed by atoms with E-state index in [1.165, 1.54) is 11.3 Å². The lowest BCUT2D eigenvalue weighted by Gasteiger charge is -2.31. The van der Waals surface area contributed by atoms with Crippen LogP contribution in [0.3, 0.4) is 0 Å². The minimum absolute atomic E-state index is 0.605. The number of nitrogens with one attached hydrogen (secondary N) is 1. The van der Waals surface area contributed by atoms with E-state index in [1.807, 2.05) is 0 Å². The average molecular weight is 184 g/mol. The van der Waals surface area contributed by atoms with E-state index < -0.39 is 5.60 Å². The van der Waals surface area contributed by atoms with E-state index >= 15 is 0 Å². The Morgan fingerprint density at radius 1 is 1.50 bits per heavy atom. The van der Waals surface area contributed by atoms with Crippen LogP contribution in [0, 0.1) is 0 Å². The Morgan fingerprint density at radius 3 is 2.83 bits per heavy atom. The van der Waals surface area contributed by atoms with Gasteiger partial charge in [0.15, 0.2) is 0 Å². The standard InChI is InChI=1S/C8H12N2OS/c11-8(1-3-9-4-2-8)7-5-10-6-12-7/h5-6,9,11H,1-4H2. The zero-order valence-electron chi connectivity index (χ0n) is 6.79. The number of hydrogen-bond acceptors (Lipinski definition) is 4. The summed E-state index contributed by atoms with van der Waals surface area (Å²) >= 11 is 1.54. The zero-order chi connectivity index (χ0) is 8.44. The van der Waals surface area contributed by atoms with Crippen molar-refractivity contribution < 1.29 is 5.11 Å². The van der Waals surface area contributed by atoms with Gasteiger partial charge in [0.1, 0.15) is 5.60 Å². The van der Waals surface area contributed by atoms with Gasteiger partial charge in [-0.2, -0.15) is 0 Å². The second-order valence-corrected chi connectivity index (χ2v) is 4.03. The first kappa shape index (κ1) is 8.16. The molecule has 1 aromatic rings. The fourth-order valence-electron chi connectivity index (χ4n) is 1.53. The maximum absolute atomic E-state index is 10.2. The summed E-state index contributed by atoms with van der Waals surface area (Å²) < 4.78 is 0. The molecule has 0 unspecified atom stereocenters. The number of aliphatic hydroxyl groups is 1. The molecule has 1 aromatic heterocycles. The van der Waals surface area contributed by atoms with Crippen LogP contribution in [0.15, 0.2) is 11.7 Å². The Morgan fingerprint density at radius 2 is 2.25 bits per heavy atom. The van der Waals surface area contributed by atoms with Crippen LogP contribution in [0.25, 0.3) is 0 Å². The van der Waals surface area contributed by atoms with Gasteiger partial charge < -0.3 is 10.4 Å². The summed E-state index contributed by atoms with van der Waals surface area (Å²) in [7, 11) is 0. The molecule has 2 N–H and O–H groups in total. The molecule has 1 aliphatic heterocycles. The normalized spacial score (nSPS) is 22.4. The first-order valence-corrected chi connectivity index (χ1v) is 5.01. The van der Waals surface area contributed by atoms with Gasteiger partial charge in [-0.05, 0) is 25.9 Å². The largest absolute Gasteiger partial charge is 0.384 e. The molecule has 12 heavy (non-hydrogen) atoms.